The number of guanidine groups is 1. The number of hydrogen-bond acceptors (Lipinski definition) is 4. The minimum atomic E-state index is -0.656. The molecule has 0 saturated heterocycles. The van der Waals surface area contributed by atoms with Crippen LogP contribution in [0.4, 0.5) is 0 Å². The predicted molar refractivity (Wildman–Crippen MR) is 123 cm³/mol. The fraction of sp³-hybridized carbons (Fsp3) is 0.320. The highest BCUT2D eigenvalue weighted by atomic mass is 16.2. The number of benzene rings is 2. The highest BCUT2D eigenvalue weighted by molar-refractivity contribution is 5.99. The topological polar surface area (TPSA) is 87.8 Å². The van der Waals surface area contributed by atoms with Crippen molar-refractivity contribution in [1.29, 1.82) is 0 Å². The molecule has 6 nitrogen and oxygen atoms in total. The molecule has 0 aliphatic carbocycles. The van der Waals surface area contributed by atoms with Gasteiger partial charge in [-0.05, 0) is 36.1 Å². The van der Waals surface area contributed by atoms with E-state index in [-0.39, 0.29) is 30.1 Å². The lowest BCUT2D eigenvalue weighted by Crippen LogP contribution is -2.52. The third kappa shape index (κ3) is 5.02. The number of aryl methyl sites for hydroxylation is 1. The number of carbonyl (C=O) groups excluding carboxylic acids is 2. The number of rotatable bonds is 7. The summed E-state index contributed by atoms with van der Waals surface area (Å²) in [5.74, 6) is 0.0908. The van der Waals surface area contributed by atoms with Crippen molar-refractivity contribution in [2.45, 2.75) is 45.8 Å². The van der Waals surface area contributed by atoms with Gasteiger partial charge in [-0.2, -0.15) is 0 Å². The molecule has 0 radical (unpaired) electrons. The third-order valence-electron chi connectivity index (χ3n) is 5.82. The van der Waals surface area contributed by atoms with E-state index in [4.69, 9.17) is 5.73 Å². The molecule has 1 atom stereocenters. The number of carbonyl (C=O) groups is 2. The Morgan fingerprint density at radius 2 is 1.81 bits per heavy atom. The zero-order chi connectivity index (χ0) is 22.6. The number of aliphatic imine (C=N–C) groups is 1. The second-order valence-electron chi connectivity index (χ2n) is 8.34. The summed E-state index contributed by atoms with van der Waals surface area (Å²) < 4.78 is 0. The van der Waals surface area contributed by atoms with E-state index in [1.54, 1.807) is 18.2 Å². The summed E-state index contributed by atoms with van der Waals surface area (Å²) in [7, 11) is 0. The molecule has 2 aromatic rings. The van der Waals surface area contributed by atoms with E-state index in [0.29, 0.717) is 18.7 Å². The standard InChI is InChI=1S/C25H30N4O2/c1-5-25(17(2)3)14-22(30)29(24(26)28-25)16-20-10-12-21(13-11-20)23(31)27-15-19-8-6-18(4)7-9-19/h5-13,17H,1,14-16H2,2-4H3,(H2,26,28)(H,27,31)/t25-/m0/s1. The number of amides is 2. The van der Waals surface area contributed by atoms with Crippen LogP contribution >= 0.6 is 0 Å². The minimum absolute atomic E-state index is 0.0824. The second-order valence-corrected chi connectivity index (χ2v) is 8.34. The molecule has 0 fully saturated rings. The quantitative estimate of drug-likeness (QED) is 0.674. The first-order valence-corrected chi connectivity index (χ1v) is 10.5. The molecule has 2 amide bonds. The van der Waals surface area contributed by atoms with Gasteiger partial charge in [0.25, 0.3) is 5.91 Å². The van der Waals surface area contributed by atoms with Crippen LogP contribution in [0.1, 0.15) is 47.3 Å². The molecular formula is C25H30N4O2. The summed E-state index contributed by atoms with van der Waals surface area (Å²) in [6.45, 7) is 10.7. The lowest BCUT2D eigenvalue weighted by atomic mass is 9.82. The Balaban J connectivity index is 1.64. The molecule has 0 bridgehead atoms. The molecule has 162 valence electrons. The molecule has 6 heteroatoms. The maximum absolute atomic E-state index is 12.8. The number of hydrogen-bond donors (Lipinski definition) is 2. The van der Waals surface area contributed by atoms with Crippen LogP contribution in [0.15, 0.2) is 66.2 Å². The van der Waals surface area contributed by atoms with Gasteiger partial charge in [0.1, 0.15) is 0 Å². The highest BCUT2D eigenvalue weighted by Gasteiger charge is 2.39. The van der Waals surface area contributed by atoms with Gasteiger partial charge < -0.3 is 11.1 Å². The van der Waals surface area contributed by atoms with Gasteiger partial charge in [-0.1, -0.05) is 61.9 Å². The maximum atomic E-state index is 12.8. The molecule has 3 rings (SSSR count). The van der Waals surface area contributed by atoms with Crippen molar-refractivity contribution in [2.24, 2.45) is 16.6 Å². The average molecular weight is 419 g/mol. The minimum Gasteiger partial charge on any atom is -0.369 e. The highest BCUT2D eigenvalue weighted by Crippen LogP contribution is 2.32. The van der Waals surface area contributed by atoms with Gasteiger partial charge in [-0.15, -0.1) is 6.58 Å². The van der Waals surface area contributed by atoms with Crippen molar-refractivity contribution in [3.05, 3.63) is 83.4 Å². The first-order valence-electron chi connectivity index (χ1n) is 10.5. The van der Waals surface area contributed by atoms with Crippen molar-refractivity contribution < 1.29 is 9.59 Å². The van der Waals surface area contributed by atoms with Crippen LogP contribution in [0, 0.1) is 12.8 Å². The fourth-order valence-electron chi connectivity index (χ4n) is 3.57. The Labute approximate surface area is 183 Å². The van der Waals surface area contributed by atoms with E-state index in [1.165, 1.54) is 10.5 Å². The summed E-state index contributed by atoms with van der Waals surface area (Å²) in [5, 5.41) is 2.92. The van der Waals surface area contributed by atoms with Gasteiger partial charge in [-0.25, -0.2) is 4.99 Å². The molecular weight excluding hydrogens is 388 g/mol. The lowest BCUT2D eigenvalue weighted by molar-refractivity contribution is -0.130. The lowest BCUT2D eigenvalue weighted by Gasteiger charge is -2.38. The first-order chi connectivity index (χ1) is 14.7. The van der Waals surface area contributed by atoms with Crippen LogP contribution in [-0.4, -0.2) is 28.2 Å². The molecule has 0 spiro atoms. The van der Waals surface area contributed by atoms with Gasteiger partial charge >= 0.3 is 0 Å². The third-order valence-corrected chi connectivity index (χ3v) is 5.82. The van der Waals surface area contributed by atoms with Crippen LogP contribution in [0.3, 0.4) is 0 Å². The molecule has 0 aromatic heterocycles. The van der Waals surface area contributed by atoms with Crippen LogP contribution in [0.25, 0.3) is 0 Å². The van der Waals surface area contributed by atoms with E-state index < -0.39 is 5.54 Å². The van der Waals surface area contributed by atoms with Crippen molar-refractivity contribution >= 4 is 17.8 Å². The number of nitrogens with zero attached hydrogens (tertiary/aromatic N) is 2. The smallest absolute Gasteiger partial charge is 0.251 e. The molecule has 1 aliphatic rings. The first kappa shape index (κ1) is 22.3. The van der Waals surface area contributed by atoms with E-state index in [2.05, 4.69) is 16.9 Å². The second kappa shape index (κ2) is 9.16. The van der Waals surface area contributed by atoms with Gasteiger partial charge in [0.15, 0.2) is 5.96 Å². The molecule has 1 heterocycles. The Hall–Kier alpha value is -3.41. The summed E-state index contributed by atoms with van der Waals surface area (Å²) in [5.41, 5.74) is 9.14. The van der Waals surface area contributed by atoms with Crippen LogP contribution < -0.4 is 11.1 Å². The summed E-state index contributed by atoms with van der Waals surface area (Å²) in [6.07, 6.45) is 1.96. The monoisotopic (exact) mass is 418 g/mol. The van der Waals surface area contributed by atoms with Gasteiger partial charge in [-0.3, -0.25) is 14.5 Å². The summed E-state index contributed by atoms with van der Waals surface area (Å²) >= 11 is 0. The SMILES string of the molecule is C=C[C@@]1(C(C)C)CC(=O)N(Cc2ccc(C(=O)NCc3ccc(C)cc3)cc2)C(N)=N1. The normalized spacial score (nSPS) is 18.6. The van der Waals surface area contributed by atoms with Crippen molar-refractivity contribution in [2.75, 3.05) is 0 Å². The van der Waals surface area contributed by atoms with Gasteiger partial charge in [0, 0.05) is 12.1 Å². The van der Waals surface area contributed by atoms with Gasteiger partial charge in [0.05, 0.1) is 18.5 Å². The van der Waals surface area contributed by atoms with Crippen LogP contribution in [-0.2, 0) is 17.9 Å². The molecule has 3 N–H and O–H groups in total. The summed E-state index contributed by atoms with van der Waals surface area (Å²) in [4.78, 5) is 31.3. The van der Waals surface area contributed by atoms with Crippen LogP contribution in [0.2, 0.25) is 0 Å². The van der Waals surface area contributed by atoms with Crippen molar-refractivity contribution in [3.63, 3.8) is 0 Å². The van der Waals surface area contributed by atoms with Gasteiger partial charge in [0.2, 0.25) is 5.91 Å². The Morgan fingerprint density at radius 3 is 2.35 bits per heavy atom. The molecule has 31 heavy (non-hydrogen) atoms. The predicted octanol–water partition coefficient (Wildman–Crippen LogP) is 3.55. The fourth-order valence-corrected chi connectivity index (χ4v) is 3.57. The van der Waals surface area contributed by atoms with E-state index >= 15 is 0 Å². The zero-order valence-corrected chi connectivity index (χ0v) is 18.4. The average Bonchev–Trinajstić information content (AvgIpc) is 2.75. The number of nitrogens with two attached hydrogens (primary N) is 1. The van der Waals surface area contributed by atoms with Crippen molar-refractivity contribution in [3.8, 4) is 0 Å². The summed E-state index contributed by atoms with van der Waals surface area (Å²) in [6, 6.07) is 15.2. The van der Waals surface area contributed by atoms with Crippen LogP contribution in [0.5, 0.6) is 0 Å². The maximum Gasteiger partial charge on any atom is 0.251 e. The molecule has 2 aromatic carbocycles. The van der Waals surface area contributed by atoms with E-state index in [1.807, 2.05) is 57.2 Å². The Morgan fingerprint density at radius 1 is 1.19 bits per heavy atom. The zero-order valence-electron chi connectivity index (χ0n) is 18.4. The van der Waals surface area contributed by atoms with E-state index in [9.17, 15) is 9.59 Å². The molecule has 0 unspecified atom stereocenters. The largest absolute Gasteiger partial charge is 0.369 e. The number of nitrogens with one attached hydrogen (secondary N) is 1. The van der Waals surface area contributed by atoms with E-state index in [0.717, 1.165) is 11.1 Å². The Kier molecular flexibility index (Phi) is 6.59. The Bertz CT molecular complexity index is 993. The van der Waals surface area contributed by atoms with Crippen molar-refractivity contribution in [1.82, 2.24) is 10.2 Å². The molecule has 1 aliphatic heterocycles. The molecule has 0 saturated carbocycles.